The lowest BCUT2D eigenvalue weighted by Gasteiger charge is -2.07. The molecule has 2 rings (SSSR count). The van der Waals surface area contributed by atoms with E-state index in [2.05, 4.69) is 10.4 Å². The van der Waals surface area contributed by atoms with Crippen LogP contribution in [0.5, 0.6) is 0 Å². The van der Waals surface area contributed by atoms with Gasteiger partial charge in [0, 0.05) is 30.9 Å². The van der Waals surface area contributed by atoms with E-state index in [-0.39, 0.29) is 22.9 Å². The van der Waals surface area contributed by atoms with Crippen LogP contribution in [-0.4, -0.2) is 37.1 Å². The van der Waals surface area contributed by atoms with Crippen molar-refractivity contribution in [2.45, 2.75) is 17.9 Å². The Labute approximate surface area is 137 Å². The van der Waals surface area contributed by atoms with Gasteiger partial charge in [-0.05, 0) is 24.3 Å². The predicted octanol–water partition coefficient (Wildman–Crippen LogP) is 0.894. The SMILES string of the molecule is Cn1cc(CNC(=O)c2ccc(S(=O)(=O)NCC(F)F)cc2)cn1. The smallest absolute Gasteiger partial charge is 0.251 e. The van der Waals surface area contributed by atoms with Gasteiger partial charge in [0.05, 0.1) is 17.6 Å². The largest absolute Gasteiger partial charge is 0.348 e. The molecule has 1 aromatic carbocycles. The highest BCUT2D eigenvalue weighted by Crippen LogP contribution is 2.11. The molecule has 1 heterocycles. The second-order valence-corrected chi connectivity index (χ2v) is 6.74. The molecule has 0 saturated heterocycles. The maximum atomic E-state index is 12.1. The monoisotopic (exact) mass is 358 g/mol. The lowest BCUT2D eigenvalue weighted by atomic mass is 10.2. The summed E-state index contributed by atoms with van der Waals surface area (Å²) < 4.78 is 51.1. The maximum absolute atomic E-state index is 12.1. The van der Waals surface area contributed by atoms with Crippen LogP contribution in [0, 0.1) is 0 Å². The zero-order chi connectivity index (χ0) is 17.7. The van der Waals surface area contributed by atoms with Crippen LogP contribution in [0.1, 0.15) is 15.9 Å². The van der Waals surface area contributed by atoms with Gasteiger partial charge in [-0.3, -0.25) is 9.48 Å². The van der Waals surface area contributed by atoms with Crippen LogP contribution < -0.4 is 10.0 Å². The maximum Gasteiger partial charge on any atom is 0.251 e. The summed E-state index contributed by atoms with van der Waals surface area (Å²) in [7, 11) is -2.27. The predicted molar refractivity (Wildman–Crippen MR) is 82.0 cm³/mol. The second-order valence-electron chi connectivity index (χ2n) is 4.97. The minimum Gasteiger partial charge on any atom is -0.348 e. The Morgan fingerprint density at radius 2 is 1.96 bits per heavy atom. The molecule has 2 aromatic rings. The van der Waals surface area contributed by atoms with Crippen LogP contribution in [0.25, 0.3) is 0 Å². The third kappa shape index (κ3) is 4.83. The van der Waals surface area contributed by atoms with Crippen molar-refractivity contribution in [1.29, 1.82) is 0 Å². The first-order valence-electron chi connectivity index (χ1n) is 6.91. The molecule has 7 nitrogen and oxygen atoms in total. The number of benzene rings is 1. The molecular formula is C14H16F2N4O3S. The molecule has 24 heavy (non-hydrogen) atoms. The fraction of sp³-hybridized carbons (Fsp3) is 0.286. The Bertz CT molecular complexity index is 804. The normalized spacial score (nSPS) is 11.7. The summed E-state index contributed by atoms with van der Waals surface area (Å²) >= 11 is 0. The number of rotatable bonds is 7. The van der Waals surface area contributed by atoms with Gasteiger partial charge in [-0.25, -0.2) is 21.9 Å². The minimum atomic E-state index is -4.02. The number of nitrogens with zero attached hydrogens (tertiary/aromatic N) is 2. The van der Waals surface area contributed by atoms with Crippen LogP contribution in [0.4, 0.5) is 8.78 Å². The summed E-state index contributed by atoms with van der Waals surface area (Å²) in [6, 6.07) is 5.00. The number of aryl methyl sites for hydroxylation is 1. The molecule has 10 heteroatoms. The summed E-state index contributed by atoms with van der Waals surface area (Å²) in [6.07, 6.45) is 0.590. The number of alkyl halides is 2. The highest BCUT2D eigenvalue weighted by atomic mass is 32.2. The Hall–Kier alpha value is -2.33. The molecule has 130 valence electrons. The fourth-order valence-electron chi connectivity index (χ4n) is 1.89. The van der Waals surface area contributed by atoms with E-state index in [4.69, 9.17) is 0 Å². The number of nitrogens with one attached hydrogen (secondary N) is 2. The molecule has 0 aliphatic heterocycles. The quantitative estimate of drug-likeness (QED) is 0.769. The first-order valence-corrected chi connectivity index (χ1v) is 8.40. The van der Waals surface area contributed by atoms with Crippen LogP contribution in [0.3, 0.4) is 0 Å². The molecule has 1 aromatic heterocycles. The van der Waals surface area contributed by atoms with Crippen molar-refractivity contribution < 1.29 is 22.0 Å². The van der Waals surface area contributed by atoms with Crippen LogP contribution in [0.15, 0.2) is 41.6 Å². The molecule has 0 atom stereocenters. The van der Waals surface area contributed by atoms with Crippen LogP contribution >= 0.6 is 0 Å². The van der Waals surface area contributed by atoms with Gasteiger partial charge < -0.3 is 5.32 Å². The van der Waals surface area contributed by atoms with E-state index in [9.17, 15) is 22.0 Å². The second kappa shape index (κ2) is 7.49. The van der Waals surface area contributed by atoms with Gasteiger partial charge in [0.25, 0.3) is 12.3 Å². The number of hydrogen-bond acceptors (Lipinski definition) is 4. The van der Waals surface area contributed by atoms with E-state index >= 15 is 0 Å². The fourth-order valence-corrected chi connectivity index (χ4v) is 2.90. The molecule has 0 bridgehead atoms. The first kappa shape index (κ1) is 18.0. The van der Waals surface area contributed by atoms with E-state index in [1.807, 2.05) is 0 Å². The van der Waals surface area contributed by atoms with Gasteiger partial charge in [-0.2, -0.15) is 5.10 Å². The molecule has 0 spiro atoms. The number of halogens is 2. The van der Waals surface area contributed by atoms with Crippen molar-refractivity contribution in [3.63, 3.8) is 0 Å². The van der Waals surface area contributed by atoms with Crippen molar-refractivity contribution in [2.75, 3.05) is 6.54 Å². The average Bonchev–Trinajstić information content (AvgIpc) is 2.96. The molecule has 2 N–H and O–H groups in total. The van der Waals surface area contributed by atoms with E-state index in [1.54, 1.807) is 28.8 Å². The first-order chi connectivity index (χ1) is 11.3. The topological polar surface area (TPSA) is 93.1 Å². The molecule has 1 amide bonds. The molecular weight excluding hydrogens is 342 g/mol. The Morgan fingerprint density at radius 3 is 2.50 bits per heavy atom. The molecule has 0 unspecified atom stereocenters. The molecule has 0 saturated carbocycles. The van der Waals surface area contributed by atoms with Gasteiger partial charge in [-0.15, -0.1) is 0 Å². The summed E-state index contributed by atoms with van der Waals surface area (Å²) in [5.74, 6) is -0.386. The van der Waals surface area contributed by atoms with E-state index in [1.165, 1.54) is 24.3 Å². The summed E-state index contributed by atoms with van der Waals surface area (Å²) in [5, 5.41) is 6.64. The zero-order valence-corrected chi connectivity index (χ0v) is 13.6. The highest BCUT2D eigenvalue weighted by molar-refractivity contribution is 7.89. The van der Waals surface area contributed by atoms with Crippen LogP contribution in [-0.2, 0) is 23.6 Å². The van der Waals surface area contributed by atoms with Crippen molar-refractivity contribution in [3.8, 4) is 0 Å². The number of hydrogen-bond donors (Lipinski definition) is 2. The molecule has 0 aliphatic carbocycles. The zero-order valence-electron chi connectivity index (χ0n) is 12.7. The van der Waals surface area contributed by atoms with E-state index < -0.39 is 23.0 Å². The van der Waals surface area contributed by atoms with Gasteiger partial charge in [-0.1, -0.05) is 0 Å². The van der Waals surface area contributed by atoms with Crippen LogP contribution in [0.2, 0.25) is 0 Å². The number of carbonyl (C=O) groups is 1. The molecule has 0 fully saturated rings. The lowest BCUT2D eigenvalue weighted by molar-refractivity contribution is 0.0950. The number of sulfonamides is 1. The average molecular weight is 358 g/mol. The standard InChI is InChI=1S/C14H16F2N4O3S/c1-20-9-10(7-18-20)6-17-14(21)11-2-4-12(5-3-11)24(22,23)19-8-13(15)16/h2-5,7,9,13,19H,6,8H2,1H3,(H,17,21). The van der Waals surface area contributed by atoms with E-state index in [0.29, 0.717) is 0 Å². The summed E-state index contributed by atoms with van der Waals surface area (Å²) in [5.41, 5.74) is 1.08. The number of aromatic nitrogens is 2. The van der Waals surface area contributed by atoms with Crippen molar-refractivity contribution in [3.05, 3.63) is 47.8 Å². The van der Waals surface area contributed by atoms with Crippen molar-refractivity contribution in [1.82, 2.24) is 19.8 Å². The highest BCUT2D eigenvalue weighted by Gasteiger charge is 2.16. The molecule has 0 aliphatic rings. The van der Waals surface area contributed by atoms with Gasteiger partial charge in [0.2, 0.25) is 10.0 Å². The van der Waals surface area contributed by atoms with Gasteiger partial charge >= 0.3 is 0 Å². The minimum absolute atomic E-state index is 0.188. The summed E-state index contributed by atoms with van der Waals surface area (Å²) in [4.78, 5) is 11.8. The van der Waals surface area contributed by atoms with Gasteiger partial charge in [0.1, 0.15) is 0 Å². The number of amides is 1. The lowest BCUT2D eigenvalue weighted by Crippen LogP contribution is -2.28. The Morgan fingerprint density at radius 1 is 1.29 bits per heavy atom. The Kier molecular flexibility index (Phi) is 5.62. The number of carbonyl (C=O) groups excluding carboxylic acids is 1. The van der Waals surface area contributed by atoms with E-state index in [0.717, 1.165) is 5.56 Å². The third-order valence-corrected chi connectivity index (χ3v) is 4.51. The van der Waals surface area contributed by atoms with Gasteiger partial charge in [0.15, 0.2) is 0 Å². The summed E-state index contributed by atoms with van der Waals surface area (Å²) in [6.45, 7) is -0.682. The third-order valence-electron chi connectivity index (χ3n) is 3.07. The van der Waals surface area contributed by atoms with Crippen molar-refractivity contribution in [2.24, 2.45) is 7.05 Å². The Balaban J connectivity index is 1.99. The van der Waals surface area contributed by atoms with Crippen molar-refractivity contribution >= 4 is 15.9 Å². The molecule has 0 radical (unpaired) electrons.